The van der Waals surface area contributed by atoms with Crippen LogP contribution < -0.4 is 10.6 Å². The van der Waals surface area contributed by atoms with Crippen molar-refractivity contribution in [2.75, 3.05) is 18.1 Å². The second-order valence-corrected chi connectivity index (χ2v) is 6.90. The number of aromatic nitrogens is 3. The van der Waals surface area contributed by atoms with Crippen LogP contribution in [0.15, 0.2) is 0 Å². The van der Waals surface area contributed by atoms with Gasteiger partial charge in [0.25, 0.3) is 0 Å². The molecule has 0 saturated carbocycles. The third-order valence-electron chi connectivity index (χ3n) is 4.12. The van der Waals surface area contributed by atoms with Gasteiger partial charge in [0.05, 0.1) is 12.1 Å². The molecule has 7 heteroatoms. The Kier molecular flexibility index (Phi) is 4.80. The maximum atomic E-state index is 12.3. The monoisotopic (exact) mass is 309 g/mol. The quantitative estimate of drug-likeness (QED) is 0.867. The molecule has 0 bridgehead atoms. The highest BCUT2D eigenvalue weighted by Gasteiger charge is 2.25. The molecule has 2 unspecified atom stereocenters. The van der Waals surface area contributed by atoms with Gasteiger partial charge in [-0.2, -0.15) is 11.8 Å². The van der Waals surface area contributed by atoms with E-state index >= 15 is 0 Å². The SMILES string of the molecule is CC(NC(=O)C1CSCCN1)c1nnc2n1CCCCC2. The van der Waals surface area contributed by atoms with E-state index in [2.05, 4.69) is 25.4 Å². The third kappa shape index (κ3) is 3.40. The summed E-state index contributed by atoms with van der Waals surface area (Å²) in [5.41, 5.74) is 0. The van der Waals surface area contributed by atoms with Crippen molar-refractivity contribution in [3.05, 3.63) is 11.6 Å². The van der Waals surface area contributed by atoms with Crippen molar-refractivity contribution in [2.45, 2.75) is 51.2 Å². The third-order valence-corrected chi connectivity index (χ3v) is 5.18. The van der Waals surface area contributed by atoms with E-state index < -0.39 is 0 Å². The van der Waals surface area contributed by atoms with Crippen LogP contribution in [0, 0.1) is 0 Å². The van der Waals surface area contributed by atoms with Crippen LogP contribution >= 0.6 is 11.8 Å². The molecule has 1 saturated heterocycles. The maximum absolute atomic E-state index is 12.3. The zero-order valence-electron chi connectivity index (χ0n) is 12.5. The van der Waals surface area contributed by atoms with Gasteiger partial charge in [-0.15, -0.1) is 10.2 Å². The summed E-state index contributed by atoms with van der Waals surface area (Å²) in [6, 6.07) is -0.177. The van der Waals surface area contributed by atoms with Crippen molar-refractivity contribution < 1.29 is 4.79 Å². The van der Waals surface area contributed by atoms with Crippen LogP contribution in [0.25, 0.3) is 0 Å². The number of carbonyl (C=O) groups excluding carboxylic acids is 1. The van der Waals surface area contributed by atoms with Crippen LogP contribution in [-0.4, -0.2) is 44.8 Å². The van der Waals surface area contributed by atoms with Crippen molar-refractivity contribution in [1.82, 2.24) is 25.4 Å². The molecule has 1 aromatic rings. The van der Waals surface area contributed by atoms with E-state index in [1.807, 2.05) is 18.7 Å². The van der Waals surface area contributed by atoms with E-state index in [9.17, 15) is 4.79 Å². The van der Waals surface area contributed by atoms with Gasteiger partial charge >= 0.3 is 0 Å². The number of hydrogen-bond donors (Lipinski definition) is 2. The maximum Gasteiger partial charge on any atom is 0.238 e. The summed E-state index contributed by atoms with van der Waals surface area (Å²) in [5, 5.41) is 15.0. The van der Waals surface area contributed by atoms with E-state index in [0.717, 1.165) is 42.7 Å². The van der Waals surface area contributed by atoms with E-state index in [1.165, 1.54) is 19.3 Å². The molecule has 2 N–H and O–H groups in total. The van der Waals surface area contributed by atoms with Gasteiger partial charge < -0.3 is 15.2 Å². The minimum Gasteiger partial charge on any atom is -0.345 e. The lowest BCUT2D eigenvalue weighted by Crippen LogP contribution is -2.49. The summed E-state index contributed by atoms with van der Waals surface area (Å²) in [5.74, 6) is 3.95. The predicted octanol–water partition coefficient (Wildman–Crippen LogP) is 0.887. The van der Waals surface area contributed by atoms with Gasteiger partial charge in [0.15, 0.2) is 5.82 Å². The molecular formula is C14H23N5OS. The number of nitrogens with one attached hydrogen (secondary N) is 2. The highest BCUT2D eigenvalue weighted by Crippen LogP contribution is 2.19. The summed E-state index contributed by atoms with van der Waals surface area (Å²) in [4.78, 5) is 12.3. The number of aryl methyl sites for hydroxylation is 1. The number of rotatable bonds is 3. The molecule has 6 nitrogen and oxygen atoms in total. The number of thioether (sulfide) groups is 1. The molecule has 0 spiro atoms. The highest BCUT2D eigenvalue weighted by atomic mass is 32.2. The van der Waals surface area contributed by atoms with Crippen molar-refractivity contribution in [3.8, 4) is 0 Å². The summed E-state index contributed by atoms with van der Waals surface area (Å²) in [6.07, 6.45) is 4.59. The standard InChI is InChI=1S/C14H23N5OS/c1-10(16-14(20)11-9-21-8-6-15-11)13-18-17-12-5-3-2-4-7-19(12)13/h10-11,15H,2-9H2,1H3,(H,16,20). The van der Waals surface area contributed by atoms with E-state index in [1.54, 1.807) is 0 Å². The van der Waals surface area contributed by atoms with Crippen molar-refractivity contribution in [2.24, 2.45) is 0 Å². The van der Waals surface area contributed by atoms with Gasteiger partial charge in [-0.25, -0.2) is 0 Å². The number of fused-ring (bicyclic) bond motifs is 1. The van der Waals surface area contributed by atoms with E-state index in [0.29, 0.717) is 0 Å². The number of hydrogen-bond acceptors (Lipinski definition) is 5. The zero-order chi connectivity index (χ0) is 14.7. The summed E-state index contributed by atoms with van der Waals surface area (Å²) < 4.78 is 2.20. The molecular weight excluding hydrogens is 286 g/mol. The molecule has 2 aliphatic rings. The number of carbonyl (C=O) groups is 1. The lowest BCUT2D eigenvalue weighted by Gasteiger charge is -2.24. The first kappa shape index (κ1) is 14.8. The van der Waals surface area contributed by atoms with Crippen molar-refractivity contribution >= 4 is 17.7 Å². The van der Waals surface area contributed by atoms with Crippen molar-refractivity contribution in [1.29, 1.82) is 0 Å². The Balaban J connectivity index is 1.66. The zero-order valence-corrected chi connectivity index (χ0v) is 13.3. The normalized spacial score (nSPS) is 24.0. The van der Waals surface area contributed by atoms with Gasteiger partial charge in [-0.05, 0) is 19.8 Å². The molecule has 3 heterocycles. The molecule has 1 fully saturated rings. The van der Waals surface area contributed by atoms with Gasteiger partial charge in [0.1, 0.15) is 5.82 Å². The molecule has 21 heavy (non-hydrogen) atoms. The molecule has 116 valence electrons. The fraction of sp³-hybridized carbons (Fsp3) is 0.786. The average Bonchev–Trinajstić information content (AvgIpc) is 2.77. The molecule has 0 radical (unpaired) electrons. The first-order chi connectivity index (χ1) is 10.3. The smallest absolute Gasteiger partial charge is 0.238 e. The van der Waals surface area contributed by atoms with E-state index in [4.69, 9.17) is 0 Å². The van der Waals surface area contributed by atoms with Crippen LogP contribution in [0.4, 0.5) is 0 Å². The molecule has 2 atom stereocenters. The van der Waals surface area contributed by atoms with Crippen molar-refractivity contribution in [3.63, 3.8) is 0 Å². The summed E-state index contributed by atoms with van der Waals surface area (Å²) in [7, 11) is 0. The molecule has 0 aliphatic carbocycles. The van der Waals surface area contributed by atoms with Gasteiger partial charge in [-0.1, -0.05) is 6.42 Å². The van der Waals surface area contributed by atoms with Crippen LogP contribution in [0.2, 0.25) is 0 Å². The Hall–Kier alpha value is -1.08. The lowest BCUT2D eigenvalue weighted by atomic mass is 10.2. The Morgan fingerprint density at radius 2 is 2.33 bits per heavy atom. The molecule has 3 rings (SSSR count). The Bertz CT molecular complexity index is 498. The van der Waals surface area contributed by atoms with Crippen LogP contribution in [0.1, 0.15) is 43.9 Å². The van der Waals surface area contributed by atoms with Crippen LogP contribution in [-0.2, 0) is 17.8 Å². The topological polar surface area (TPSA) is 71.8 Å². The fourth-order valence-electron chi connectivity index (χ4n) is 2.94. The molecule has 0 aromatic carbocycles. The Labute approximate surface area is 129 Å². The fourth-order valence-corrected chi connectivity index (χ4v) is 3.87. The average molecular weight is 309 g/mol. The first-order valence-electron chi connectivity index (χ1n) is 7.79. The van der Waals surface area contributed by atoms with Gasteiger partial charge in [-0.3, -0.25) is 4.79 Å². The first-order valence-corrected chi connectivity index (χ1v) is 8.94. The number of nitrogens with zero attached hydrogens (tertiary/aromatic N) is 3. The predicted molar refractivity (Wildman–Crippen MR) is 83.3 cm³/mol. The number of amides is 1. The summed E-state index contributed by atoms with van der Waals surface area (Å²) in [6.45, 7) is 3.86. The molecule has 2 aliphatic heterocycles. The highest BCUT2D eigenvalue weighted by molar-refractivity contribution is 7.99. The second kappa shape index (κ2) is 6.79. The molecule has 1 amide bonds. The van der Waals surface area contributed by atoms with E-state index in [-0.39, 0.29) is 18.0 Å². The van der Waals surface area contributed by atoms with Gasteiger partial charge in [0, 0.05) is 31.0 Å². The van der Waals surface area contributed by atoms with Crippen LogP contribution in [0.5, 0.6) is 0 Å². The Morgan fingerprint density at radius 1 is 1.43 bits per heavy atom. The van der Waals surface area contributed by atoms with Gasteiger partial charge in [0.2, 0.25) is 5.91 Å². The summed E-state index contributed by atoms with van der Waals surface area (Å²) >= 11 is 1.83. The Morgan fingerprint density at radius 3 is 3.14 bits per heavy atom. The largest absolute Gasteiger partial charge is 0.345 e. The molecule has 1 aromatic heterocycles. The second-order valence-electron chi connectivity index (χ2n) is 5.75. The minimum atomic E-state index is -0.0921. The lowest BCUT2D eigenvalue weighted by molar-refractivity contribution is -0.123. The minimum absolute atomic E-state index is 0.0701. The van der Waals surface area contributed by atoms with Crippen LogP contribution in [0.3, 0.4) is 0 Å².